The SMILES string of the molecule is CC(OCC(=O)O)c1cc2c(cc1[N+](=O)[O-])OCO2. The molecule has 1 aromatic carbocycles. The number of rotatable bonds is 5. The van der Waals surface area contributed by atoms with Crippen molar-refractivity contribution in [1.82, 2.24) is 0 Å². The first-order valence-corrected chi connectivity index (χ1v) is 5.40. The highest BCUT2D eigenvalue weighted by atomic mass is 16.7. The average molecular weight is 269 g/mol. The first kappa shape index (κ1) is 13.1. The zero-order valence-electron chi connectivity index (χ0n) is 9.99. The van der Waals surface area contributed by atoms with Crippen molar-refractivity contribution in [3.05, 3.63) is 27.8 Å². The molecule has 8 heteroatoms. The first-order valence-electron chi connectivity index (χ1n) is 5.40. The third kappa shape index (κ3) is 2.74. The Kier molecular flexibility index (Phi) is 3.52. The van der Waals surface area contributed by atoms with E-state index in [2.05, 4.69) is 0 Å². The highest BCUT2D eigenvalue weighted by Gasteiger charge is 2.26. The third-order valence-corrected chi connectivity index (χ3v) is 2.61. The molecule has 19 heavy (non-hydrogen) atoms. The Labute approximate surface area is 107 Å². The van der Waals surface area contributed by atoms with Gasteiger partial charge in [-0.05, 0) is 13.0 Å². The van der Waals surface area contributed by atoms with Crippen molar-refractivity contribution in [3.8, 4) is 11.5 Å². The molecule has 8 nitrogen and oxygen atoms in total. The number of fused-ring (bicyclic) bond motifs is 1. The van der Waals surface area contributed by atoms with E-state index in [-0.39, 0.29) is 18.0 Å². The molecule has 0 bridgehead atoms. The van der Waals surface area contributed by atoms with Crippen molar-refractivity contribution in [2.45, 2.75) is 13.0 Å². The van der Waals surface area contributed by atoms with Gasteiger partial charge in [-0.1, -0.05) is 0 Å². The number of carbonyl (C=O) groups is 1. The van der Waals surface area contributed by atoms with Gasteiger partial charge in [-0.3, -0.25) is 10.1 Å². The summed E-state index contributed by atoms with van der Waals surface area (Å²) >= 11 is 0. The van der Waals surface area contributed by atoms with Crippen LogP contribution in [0.4, 0.5) is 5.69 Å². The van der Waals surface area contributed by atoms with Crippen molar-refractivity contribution in [1.29, 1.82) is 0 Å². The Morgan fingerprint density at radius 1 is 1.53 bits per heavy atom. The normalized spacial score (nSPS) is 14.2. The molecule has 0 aromatic heterocycles. The van der Waals surface area contributed by atoms with Crippen LogP contribution in [0.1, 0.15) is 18.6 Å². The summed E-state index contributed by atoms with van der Waals surface area (Å²) in [6, 6.07) is 2.69. The van der Waals surface area contributed by atoms with Gasteiger partial charge in [-0.25, -0.2) is 4.79 Å². The van der Waals surface area contributed by atoms with E-state index in [1.54, 1.807) is 0 Å². The molecule has 1 aromatic rings. The third-order valence-electron chi connectivity index (χ3n) is 2.61. The summed E-state index contributed by atoms with van der Waals surface area (Å²) in [5.41, 5.74) is 0.0534. The molecule has 1 aliphatic heterocycles. The van der Waals surface area contributed by atoms with E-state index in [1.165, 1.54) is 19.1 Å². The van der Waals surface area contributed by atoms with Gasteiger partial charge in [-0.2, -0.15) is 0 Å². The van der Waals surface area contributed by atoms with E-state index in [0.29, 0.717) is 11.5 Å². The van der Waals surface area contributed by atoms with E-state index in [4.69, 9.17) is 19.3 Å². The first-order chi connectivity index (χ1) is 8.99. The van der Waals surface area contributed by atoms with Crippen LogP contribution in [0.5, 0.6) is 11.5 Å². The molecule has 2 rings (SSSR count). The topological polar surface area (TPSA) is 108 Å². The number of nitrogens with zero attached hydrogens (tertiary/aromatic N) is 1. The van der Waals surface area contributed by atoms with E-state index >= 15 is 0 Å². The fraction of sp³-hybridized carbons (Fsp3) is 0.364. The summed E-state index contributed by atoms with van der Waals surface area (Å²) in [5.74, 6) is -0.470. The lowest BCUT2D eigenvalue weighted by Gasteiger charge is -2.12. The minimum atomic E-state index is -1.14. The minimum Gasteiger partial charge on any atom is -0.480 e. The number of ether oxygens (including phenoxy) is 3. The van der Waals surface area contributed by atoms with E-state index in [1.807, 2.05) is 0 Å². The van der Waals surface area contributed by atoms with Gasteiger partial charge in [0, 0.05) is 0 Å². The molecule has 1 heterocycles. The standard InChI is InChI=1S/C11H11NO7/c1-6(17-4-11(13)14)7-2-9-10(19-5-18-9)3-8(7)12(15)16/h2-3,6H,4-5H2,1H3,(H,13,14). The number of carboxylic acid groups (broad SMARTS) is 1. The number of nitro benzene ring substituents is 1. The molecule has 102 valence electrons. The molecular formula is C11H11NO7. The van der Waals surface area contributed by atoms with Crippen LogP contribution in [0.3, 0.4) is 0 Å². The number of carboxylic acids is 1. The predicted octanol–water partition coefficient (Wildman–Crippen LogP) is 1.49. The molecule has 1 atom stereocenters. The van der Waals surface area contributed by atoms with Crippen LogP contribution in [-0.4, -0.2) is 29.4 Å². The van der Waals surface area contributed by atoms with Crippen molar-refractivity contribution < 1.29 is 29.0 Å². The number of benzene rings is 1. The van der Waals surface area contributed by atoms with Crippen LogP contribution in [0, 0.1) is 10.1 Å². The van der Waals surface area contributed by atoms with E-state index in [0.717, 1.165) is 0 Å². The summed E-state index contributed by atoms with van der Waals surface area (Å²) in [4.78, 5) is 20.9. The zero-order chi connectivity index (χ0) is 14.0. The highest BCUT2D eigenvalue weighted by molar-refractivity contribution is 5.68. The smallest absolute Gasteiger partial charge is 0.329 e. The summed E-state index contributed by atoms with van der Waals surface area (Å²) in [6.07, 6.45) is -0.744. The summed E-state index contributed by atoms with van der Waals surface area (Å²) in [6.45, 7) is 1.00. The Balaban J connectivity index is 2.32. The molecule has 1 aliphatic rings. The van der Waals surface area contributed by atoms with Gasteiger partial charge >= 0.3 is 5.97 Å². The summed E-state index contributed by atoms with van der Waals surface area (Å²) in [7, 11) is 0. The average Bonchev–Trinajstić information content (AvgIpc) is 2.81. The number of hydrogen-bond donors (Lipinski definition) is 1. The minimum absolute atomic E-state index is 0.000303. The molecule has 0 amide bonds. The molecule has 1 N–H and O–H groups in total. The van der Waals surface area contributed by atoms with E-state index < -0.39 is 23.6 Å². The highest BCUT2D eigenvalue weighted by Crippen LogP contribution is 2.40. The summed E-state index contributed by atoms with van der Waals surface area (Å²) in [5, 5.41) is 19.5. The second-order valence-corrected chi connectivity index (χ2v) is 3.87. The van der Waals surface area contributed by atoms with Crippen molar-refractivity contribution in [3.63, 3.8) is 0 Å². The quantitative estimate of drug-likeness (QED) is 0.637. The van der Waals surface area contributed by atoms with Crippen LogP contribution in [0.25, 0.3) is 0 Å². The van der Waals surface area contributed by atoms with Gasteiger partial charge in [0.05, 0.1) is 22.7 Å². The van der Waals surface area contributed by atoms with Crippen LogP contribution in [0.2, 0.25) is 0 Å². The van der Waals surface area contributed by atoms with E-state index in [9.17, 15) is 14.9 Å². The largest absolute Gasteiger partial charge is 0.480 e. The Hall–Kier alpha value is -2.35. The molecular weight excluding hydrogens is 258 g/mol. The predicted molar refractivity (Wildman–Crippen MR) is 61.2 cm³/mol. The number of hydrogen-bond acceptors (Lipinski definition) is 6. The van der Waals surface area contributed by atoms with Gasteiger partial charge in [-0.15, -0.1) is 0 Å². The Bertz CT molecular complexity index is 528. The second kappa shape index (κ2) is 5.11. The van der Waals surface area contributed by atoms with Crippen LogP contribution in [0.15, 0.2) is 12.1 Å². The van der Waals surface area contributed by atoms with Gasteiger partial charge < -0.3 is 19.3 Å². The Morgan fingerprint density at radius 2 is 2.16 bits per heavy atom. The summed E-state index contributed by atoms with van der Waals surface area (Å²) < 4.78 is 15.2. The van der Waals surface area contributed by atoms with Crippen molar-refractivity contribution in [2.24, 2.45) is 0 Å². The lowest BCUT2D eigenvalue weighted by atomic mass is 10.1. The molecule has 0 spiro atoms. The van der Waals surface area contributed by atoms with Gasteiger partial charge in [0.1, 0.15) is 6.61 Å². The van der Waals surface area contributed by atoms with Gasteiger partial charge in [0.2, 0.25) is 6.79 Å². The maximum absolute atomic E-state index is 11.0. The number of nitro groups is 1. The second-order valence-electron chi connectivity index (χ2n) is 3.87. The maximum Gasteiger partial charge on any atom is 0.329 e. The molecule has 1 unspecified atom stereocenters. The van der Waals surface area contributed by atoms with Crippen molar-refractivity contribution in [2.75, 3.05) is 13.4 Å². The van der Waals surface area contributed by atoms with Gasteiger partial charge in [0.25, 0.3) is 5.69 Å². The molecule has 0 fully saturated rings. The molecule has 0 aliphatic carbocycles. The Morgan fingerprint density at radius 3 is 2.74 bits per heavy atom. The van der Waals surface area contributed by atoms with Crippen LogP contribution < -0.4 is 9.47 Å². The lowest BCUT2D eigenvalue weighted by molar-refractivity contribution is -0.386. The maximum atomic E-state index is 11.0. The van der Waals surface area contributed by atoms with Crippen LogP contribution >= 0.6 is 0 Å². The van der Waals surface area contributed by atoms with Crippen LogP contribution in [-0.2, 0) is 9.53 Å². The number of aliphatic carboxylic acids is 1. The molecule has 0 saturated heterocycles. The fourth-order valence-corrected chi connectivity index (χ4v) is 1.72. The fourth-order valence-electron chi connectivity index (χ4n) is 1.72. The molecule has 0 saturated carbocycles. The van der Waals surface area contributed by atoms with Crippen molar-refractivity contribution >= 4 is 11.7 Å². The van der Waals surface area contributed by atoms with Gasteiger partial charge in [0.15, 0.2) is 11.5 Å². The monoisotopic (exact) mass is 269 g/mol. The molecule has 0 radical (unpaired) electrons. The zero-order valence-corrected chi connectivity index (χ0v) is 9.99. The lowest BCUT2D eigenvalue weighted by Crippen LogP contribution is -2.11.